The second kappa shape index (κ2) is 3.34. The molecule has 0 fully saturated rings. The second-order valence-electron chi connectivity index (χ2n) is 3.04. The fourth-order valence-corrected chi connectivity index (χ4v) is 1.31. The Hall–Kier alpha value is -1.49. The highest BCUT2D eigenvalue weighted by atomic mass is 19.3. The van der Waals surface area contributed by atoms with Crippen LogP contribution in [0.3, 0.4) is 0 Å². The van der Waals surface area contributed by atoms with E-state index in [-0.39, 0.29) is 0 Å². The van der Waals surface area contributed by atoms with Crippen molar-refractivity contribution in [2.75, 3.05) is 0 Å². The molecule has 3 N–H and O–H groups in total. The summed E-state index contributed by atoms with van der Waals surface area (Å²) >= 11 is 0. The van der Waals surface area contributed by atoms with Gasteiger partial charge in [-0.2, -0.15) is 0 Å². The van der Waals surface area contributed by atoms with Gasteiger partial charge in [0.15, 0.2) is 0 Å². The zero-order chi connectivity index (χ0) is 10.1. The zero-order valence-electron chi connectivity index (χ0n) is 7.24. The average Bonchev–Trinajstić information content (AvgIpc) is 2.62. The van der Waals surface area contributed by atoms with Crippen LogP contribution in [0.5, 0.6) is 0 Å². The number of nitrogens with two attached hydrogens (primary N) is 1. The lowest BCUT2D eigenvalue weighted by atomic mass is 10.1. The highest BCUT2D eigenvalue weighted by Gasteiger charge is 2.17. The van der Waals surface area contributed by atoms with Gasteiger partial charge in [0.2, 0.25) is 0 Å². The molecule has 0 radical (unpaired) electrons. The van der Waals surface area contributed by atoms with E-state index in [1.807, 2.05) is 0 Å². The molecule has 0 amide bonds. The molecule has 1 unspecified atom stereocenters. The van der Waals surface area contributed by atoms with Crippen LogP contribution in [0.15, 0.2) is 24.5 Å². The Bertz CT molecular complexity index is 438. The van der Waals surface area contributed by atoms with E-state index in [0.717, 1.165) is 11.0 Å². The SMILES string of the molecule is NC(c1ccc2nc[nH]c2c1)C(F)F. The van der Waals surface area contributed by atoms with Crippen LogP contribution in [0.2, 0.25) is 0 Å². The molecule has 0 bridgehead atoms. The largest absolute Gasteiger partial charge is 0.345 e. The molecule has 2 aromatic rings. The van der Waals surface area contributed by atoms with Gasteiger partial charge >= 0.3 is 0 Å². The maximum Gasteiger partial charge on any atom is 0.257 e. The van der Waals surface area contributed by atoms with Gasteiger partial charge in [-0.3, -0.25) is 0 Å². The Balaban J connectivity index is 2.43. The number of hydrogen-bond donors (Lipinski definition) is 2. The van der Waals surface area contributed by atoms with Crippen molar-refractivity contribution in [1.82, 2.24) is 9.97 Å². The molecule has 0 saturated carbocycles. The minimum absolute atomic E-state index is 0.414. The number of aromatic nitrogens is 2. The van der Waals surface area contributed by atoms with Crippen LogP contribution in [0.4, 0.5) is 8.78 Å². The van der Waals surface area contributed by atoms with E-state index in [1.54, 1.807) is 18.2 Å². The quantitative estimate of drug-likeness (QED) is 0.771. The number of nitrogens with one attached hydrogen (secondary N) is 1. The van der Waals surface area contributed by atoms with Gasteiger partial charge in [-0.25, -0.2) is 13.8 Å². The van der Waals surface area contributed by atoms with Crippen LogP contribution >= 0.6 is 0 Å². The summed E-state index contributed by atoms with van der Waals surface area (Å²) in [4.78, 5) is 6.82. The number of halogens is 2. The van der Waals surface area contributed by atoms with Gasteiger partial charge in [0.25, 0.3) is 6.43 Å². The second-order valence-corrected chi connectivity index (χ2v) is 3.04. The van der Waals surface area contributed by atoms with Crippen molar-refractivity contribution in [1.29, 1.82) is 0 Å². The summed E-state index contributed by atoms with van der Waals surface area (Å²) in [5.74, 6) is 0. The smallest absolute Gasteiger partial charge is 0.257 e. The summed E-state index contributed by atoms with van der Waals surface area (Å²) in [6, 6.07) is 3.60. The number of alkyl halides is 2. The molecule has 14 heavy (non-hydrogen) atoms. The number of aromatic amines is 1. The molecule has 0 saturated heterocycles. The third-order valence-electron chi connectivity index (χ3n) is 2.10. The third kappa shape index (κ3) is 1.46. The van der Waals surface area contributed by atoms with Crippen molar-refractivity contribution in [3.8, 4) is 0 Å². The van der Waals surface area contributed by atoms with Crippen LogP contribution < -0.4 is 5.73 Å². The molecule has 1 aromatic heterocycles. The van der Waals surface area contributed by atoms with Gasteiger partial charge in [-0.15, -0.1) is 0 Å². The monoisotopic (exact) mass is 197 g/mol. The van der Waals surface area contributed by atoms with Gasteiger partial charge in [-0.1, -0.05) is 6.07 Å². The first-order chi connectivity index (χ1) is 6.68. The highest BCUT2D eigenvalue weighted by Crippen LogP contribution is 2.20. The summed E-state index contributed by atoms with van der Waals surface area (Å²) in [5.41, 5.74) is 7.19. The summed E-state index contributed by atoms with van der Waals surface area (Å²) in [6.45, 7) is 0. The Morgan fingerprint density at radius 2 is 2.14 bits per heavy atom. The molecule has 3 nitrogen and oxygen atoms in total. The molecule has 1 aromatic carbocycles. The molecule has 2 rings (SSSR count). The van der Waals surface area contributed by atoms with Crippen molar-refractivity contribution in [2.45, 2.75) is 12.5 Å². The molecular weight excluding hydrogens is 188 g/mol. The van der Waals surface area contributed by atoms with Gasteiger partial charge in [0.05, 0.1) is 23.4 Å². The summed E-state index contributed by atoms with van der Waals surface area (Å²) < 4.78 is 24.6. The normalized spacial score (nSPS) is 13.7. The fourth-order valence-electron chi connectivity index (χ4n) is 1.31. The summed E-state index contributed by atoms with van der Waals surface area (Å²) in [6.07, 6.45) is -1.03. The Morgan fingerprint density at radius 1 is 1.36 bits per heavy atom. The van der Waals surface area contributed by atoms with Crippen molar-refractivity contribution < 1.29 is 8.78 Å². The molecule has 5 heteroatoms. The number of hydrogen-bond acceptors (Lipinski definition) is 2. The van der Waals surface area contributed by atoms with E-state index >= 15 is 0 Å². The predicted octanol–water partition coefficient (Wildman–Crippen LogP) is 1.83. The van der Waals surface area contributed by atoms with Gasteiger partial charge < -0.3 is 10.7 Å². The number of imidazole rings is 1. The Kier molecular flexibility index (Phi) is 2.17. The molecule has 0 aliphatic rings. The van der Waals surface area contributed by atoms with Crippen LogP contribution in [0, 0.1) is 0 Å². The summed E-state index contributed by atoms with van der Waals surface area (Å²) in [7, 11) is 0. The first kappa shape index (κ1) is 9.08. The third-order valence-corrected chi connectivity index (χ3v) is 2.10. The minimum Gasteiger partial charge on any atom is -0.345 e. The zero-order valence-corrected chi connectivity index (χ0v) is 7.24. The topological polar surface area (TPSA) is 54.7 Å². The number of rotatable bonds is 2. The van der Waals surface area contributed by atoms with Crippen LogP contribution in [0.1, 0.15) is 11.6 Å². The predicted molar refractivity (Wildman–Crippen MR) is 49.0 cm³/mol. The first-order valence-corrected chi connectivity index (χ1v) is 4.15. The lowest BCUT2D eigenvalue weighted by Gasteiger charge is -2.09. The van der Waals surface area contributed by atoms with E-state index in [9.17, 15) is 8.78 Å². The number of H-pyrrole nitrogens is 1. The van der Waals surface area contributed by atoms with Crippen LogP contribution in [0.25, 0.3) is 11.0 Å². The molecule has 0 spiro atoms. The van der Waals surface area contributed by atoms with E-state index in [2.05, 4.69) is 9.97 Å². The standard InChI is InChI=1S/C9H9F2N3/c10-9(11)8(12)5-1-2-6-7(3-5)14-4-13-6/h1-4,8-9H,12H2,(H,13,14). The van der Waals surface area contributed by atoms with Gasteiger partial charge in [-0.05, 0) is 17.7 Å². The van der Waals surface area contributed by atoms with Gasteiger partial charge in [0.1, 0.15) is 0 Å². The first-order valence-electron chi connectivity index (χ1n) is 4.15. The lowest BCUT2D eigenvalue weighted by molar-refractivity contribution is 0.116. The van der Waals surface area contributed by atoms with Crippen molar-refractivity contribution in [3.63, 3.8) is 0 Å². The van der Waals surface area contributed by atoms with E-state index in [1.165, 1.54) is 6.33 Å². The number of benzene rings is 1. The maximum atomic E-state index is 12.3. The average molecular weight is 197 g/mol. The molecule has 74 valence electrons. The molecule has 1 atom stereocenters. The molecule has 0 aliphatic carbocycles. The Morgan fingerprint density at radius 3 is 2.86 bits per heavy atom. The number of nitrogens with zero attached hydrogens (tertiary/aromatic N) is 1. The van der Waals surface area contributed by atoms with E-state index < -0.39 is 12.5 Å². The van der Waals surface area contributed by atoms with E-state index in [0.29, 0.717) is 5.56 Å². The Labute approximate surface area is 78.9 Å². The maximum absolute atomic E-state index is 12.3. The lowest BCUT2D eigenvalue weighted by Crippen LogP contribution is -2.18. The van der Waals surface area contributed by atoms with Crippen molar-refractivity contribution in [3.05, 3.63) is 30.1 Å². The van der Waals surface area contributed by atoms with Crippen LogP contribution in [-0.4, -0.2) is 16.4 Å². The number of fused-ring (bicyclic) bond motifs is 1. The molecule has 1 heterocycles. The highest BCUT2D eigenvalue weighted by molar-refractivity contribution is 5.75. The molecule has 0 aliphatic heterocycles. The molecular formula is C9H9F2N3. The van der Waals surface area contributed by atoms with E-state index in [4.69, 9.17) is 5.73 Å². The van der Waals surface area contributed by atoms with Gasteiger partial charge in [0, 0.05) is 0 Å². The summed E-state index contributed by atoms with van der Waals surface area (Å²) in [5, 5.41) is 0. The minimum atomic E-state index is -2.55. The fraction of sp³-hybridized carbons (Fsp3) is 0.222. The van der Waals surface area contributed by atoms with Crippen molar-refractivity contribution in [2.24, 2.45) is 5.73 Å². The van der Waals surface area contributed by atoms with Crippen molar-refractivity contribution >= 4 is 11.0 Å². The van der Waals surface area contributed by atoms with Crippen LogP contribution in [-0.2, 0) is 0 Å².